The summed E-state index contributed by atoms with van der Waals surface area (Å²) in [6.07, 6.45) is 4.19. The van der Waals surface area contributed by atoms with E-state index < -0.39 is 0 Å². The van der Waals surface area contributed by atoms with Gasteiger partial charge < -0.3 is 14.8 Å². The van der Waals surface area contributed by atoms with Crippen LogP contribution in [0.3, 0.4) is 0 Å². The fourth-order valence-corrected chi connectivity index (χ4v) is 4.51. The van der Waals surface area contributed by atoms with Crippen LogP contribution in [0.25, 0.3) is 6.08 Å². The number of carbonyl (C=O) groups is 2. The van der Waals surface area contributed by atoms with Crippen molar-refractivity contribution in [3.8, 4) is 11.5 Å². The standard InChI is InChI=1S/C19H19N3O4S3/c1-25-13-6-5-12(10-14(13)26-2)11-15-17(24)22(19(27)29-15)8-3-4-16(23)21-18-20-7-9-28-18/h5-7,9-11H,3-4,8H2,1-2H3,(H,20,21,23). The minimum absolute atomic E-state index is 0.133. The summed E-state index contributed by atoms with van der Waals surface area (Å²) < 4.78 is 11.0. The van der Waals surface area contributed by atoms with Gasteiger partial charge in [-0.25, -0.2) is 4.98 Å². The summed E-state index contributed by atoms with van der Waals surface area (Å²) in [5.74, 6) is 0.914. The van der Waals surface area contributed by atoms with E-state index >= 15 is 0 Å². The molecule has 0 spiro atoms. The van der Waals surface area contributed by atoms with E-state index in [9.17, 15) is 9.59 Å². The number of hydrogen-bond donors (Lipinski definition) is 1. The Morgan fingerprint density at radius 2 is 2.10 bits per heavy atom. The van der Waals surface area contributed by atoms with Crippen LogP contribution >= 0.6 is 35.3 Å². The average molecular weight is 450 g/mol. The monoisotopic (exact) mass is 449 g/mol. The zero-order valence-corrected chi connectivity index (χ0v) is 18.3. The molecule has 0 saturated carbocycles. The lowest BCUT2D eigenvalue weighted by molar-refractivity contribution is -0.122. The van der Waals surface area contributed by atoms with Crippen molar-refractivity contribution in [1.82, 2.24) is 9.88 Å². The highest BCUT2D eigenvalue weighted by atomic mass is 32.2. The highest BCUT2D eigenvalue weighted by molar-refractivity contribution is 8.26. The zero-order chi connectivity index (χ0) is 20.8. The molecular formula is C19H19N3O4S3. The van der Waals surface area contributed by atoms with E-state index in [1.165, 1.54) is 28.0 Å². The van der Waals surface area contributed by atoms with E-state index in [4.69, 9.17) is 21.7 Å². The van der Waals surface area contributed by atoms with Gasteiger partial charge in [-0.05, 0) is 30.2 Å². The van der Waals surface area contributed by atoms with Crippen molar-refractivity contribution in [2.45, 2.75) is 12.8 Å². The first kappa shape index (κ1) is 21.3. The molecule has 2 amide bonds. The summed E-state index contributed by atoms with van der Waals surface area (Å²) in [4.78, 5) is 30.7. The second-order valence-electron chi connectivity index (χ2n) is 5.94. The lowest BCUT2D eigenvalue weighted by Gasteiger charge is -2.13. The molecule has 0 bridgehead atoms. The van der Waals surface area contributed by atoms with Crippen molar-refractivity contribution in [2.24, 2.45) is 0 Å². The molecule has 152 valence electrons. The summed E-state index contributed by atoms with van der Waals surface area (Å²) in [5, 5.41) is 5.08. The number of thiocarbonyl (C=S) groups is 1. The largest absolute Gasteiger partial charge is 0.493 e. The van der Waals surface area contributed by atoms with Gasteiger partial charge in [-0.3, -0.25) is 14.5 Å². The molecule has 7 nitrogen and oxygen atoms in total. The number of benzene rings is 1. The normalized spacial score (nSPS) is 15.1. The second kappa shape index (κ2) is 9.86. The molecule has 1 aliphatic rings. The van der Waals surface area contributed by atoms with Crippen LogP contribution in [-0.2, 0) is 9.59 Å². The Labute approximate surface area is 182 Å². The summed E-state index contributed by atoms with van der Waals surface area (Å²) in [7, 11) is 3.13. The van der Waals surface area contributed by atoms with E-state index in [2.05, 4.69) is 10.3 Å². The molecule has 1 fully saturated rings. The molecular weight excluding hydrogens is 430 g/mol. The van der Waals surface area contributed by atoms with Gasteiger partial charge in [-0.1, -0.05) is 30.0 Å². The number of methoxy groups -OCH3 is 2. The van der Waals surface area contributed by atoms with Gasteiger partial charge in [0.1, 0.15) is 4.32 Å². The van der Waals surface area contributed by atoms with Gasteiger partial charge in [0, 0.05) is 24.5 Å². The first-order valence-electron chi connectivity index (χ1n) is 8.68. The number of nitrogens with one attached hydrogen (secondary N) is 1. The highest BCUT2D eigenvalue weighted by Crippen LogP contribution is 2.34. The zero-order valence-electron chi connectivity index (χ0n) is 15.8. The van der Waals surface area contributed by atoms with Crippen molar-refractivity contribution in [3.05, 3.63) is 40.2 Å². The number of anilines is 1. The van der Waals surface area contributed by atoms with Crippen LogP contribution in [0.5, 0.6) is 11.5 Å². The Balaban J connectivity index is 1.59. The van der Waals surface area contributed by atoms with Crippen LogP contribution in [0.2, 0.25) is 0 Å². The van der Waals surface area contributed by atoms with Crippen LogP contribution in [0.4, 0.5) is 5.13 Å². The molecule has 2 heterocycles. The maximum atomic E-state index is 12.7. The van der Waals surface area contributed by atoms with Crippen LogP contribution in [0.1, 0.15) is 18.4 Å². The van der Waals surface area contributed by atoms with E-state index in [0.717, 1.165) is 5.56 Å². The Hall–Kier alpha value is -2.43. The molecule has 1 aliphatic heterocycles. The lowest BCUT2D eigenvalue weighted by Crippen LogP contribution is -2.29. The molecule has 1 aromatic carbocycles. The van der Waals surface area contributed by atoms with Gasteiger partial charge in [0.05, 0.1) is 19.1 Å². The van der Waals surface area contributed by atoms with Crippen LogP contribution in [0, 0.1) is 0 Å². The van der Waals surface area contributed by atoms with E-state index in [-0.39, 0.29) is 18.2 Å². The van der Waals surface area contributed by atoms with Gasteiger partial charge >= 0.3 is 0 Å². The smallest absolute Gasteiger partial charge is 0.266 e. The van der Waals surface area contributed by atoms with Gasteiger partial charge in [0.25, 0.3) is 5.91 Å². The third-order valence-electron chi connectivity index (χ3n) is 4.04. The first-order chi connectivity index (χ1) is 14.0. The van der Waals surface area contributed by atoms with Crippen molar-refractivity contribution in [2.75, 3.05) is 26.1 Å². The third-order valence-corrected chi connectivity index (χ3v) is 6.11. The minimum atomic E-state index is -0.157. The maximum Gasteiger partial charge on any atom is 0.266 e. The number of rotatable bonds is 8. The van der Waals surface area contributed by atoms with Crippen molar-refractivity contribution < 1.29 is 19.1 Å². The van der Waals surface area contributed by atoms with Crippen LogP contribution < -0.4 is 14.8 Å². The van der Waals surface area contributed by atoms with Crippen LogP contribution in [0.15, 0.2) is 34.7 Å². The van der Waals surface area contributed by atoms with E-state index in [0.29, 0.717) is 38.8 Å². The fraction of sp³-hybridized carbons (Fsp3) is 0.263. The van der Waals surface area contributed by atoms with E-state index in [1.54, 1.807) is 44.0 Å². The molecule has 2 aromatic rings. The van der Waals surface area contributed by atoms with Crippen molar-refractivity contribution in [3.63, 3.8) is 0 Å². The Morgan fingerprint density at radius 1 is 1.31 bits per heavy atom. The maximum absolute atomic E-state index is 12.7. The molecule has 1 N–H and O–H groups in total. The number of ether oxygens (including phenoxy) is 2. The molecule has 0 radical (unpaired) electrons. The summed E-state index contributed by atoms with van der Waals surface area (Å²) >= 11 is 7.96. The second-order valence-corrected chi connectivity index (χ2v) is 8.51. The summed E-state index contributed by atoms with van der Waals surface area (Å²) in [5.41, 5.74) is 0.811. The number of carbonyl (C=O) groups excluding carboxylic acids is 2. The average Bonchev–Trinajstić information content (AvgIpc) is 3.31. The quantitative estimate of drug-likeness (QED) is 0.485. The van der Waals surface area contributed by atoms with Crippen molar-refractivity contribution >= 4 is 62.7 Å². The third kappa shape index (κ3) is 5.34. The van der Waals surface area contributed by atoms with Gasteiger partial charge in [0.2, 0.25) is 5.91 Å². The summed E-state index contributed by atoms with van der Waals surface area (Å²) in [6, 6.07) is 5.43. The molecule has 3 rings (SSSR count). The SMILES string of the molecule is COc1ccc(C=C2SC(=S)N(CCCC(=O)Nc3nccs3)C2=O)cc1OC. The molecule has 0 unspecified atom stereocenters. The molecule has 0 atom stereocenters. The van der Waals surface area contributed by atoms with Gasteiger partial charge in [-0.15, -0.1) is 11.3 Å². The first-order valence-corrected chi connectivity index (χ1v) is 10.8. The van der Waals surface area contributed by atoms with Gasteiger partial charge in [-0.2, -0.15) is 0 Å². The Morgan fingerprint density at radius 3 is 2.79 bits per heavy atom. The van der Waals surface area contributed by atoms with E-state index in [1.807, 2.05) is 6.07 Å². The number of thiazole rings is 1. The number of thioether (sulfide) groups is 1. The topological polar surface area (TPSA) is 80.8 Å². The minimum Gasteiger partial charge on any atom is -0.493 e. The van der Waals surface area contributed by atoms with Crippen LogP contribution in [-0.4, -0.2) is 46.8 Å². The highest BCUT2D eigenvalue weighted by Gasteiger charge is 2.31. The number of aromatic nitrogens is 1. The molecule has 1 aromatic heterocycles. The number of amides is 2. The molecule has 29 heavy (non-hydrogen) atoms. The Bertz CT molecular complexity index is 944. The molecule has 0 aliphatic carbocycles. The summed E-state index contributed by atoms with van der Waals surface area (Å²) in [6.45, 7) is 0.388. The lowest BCUT2D eigenvalue weighted by atomic mass is 10.2. The Kier molecular flexibility index (Phi) is 7.24. The predicted molar refractivity (Wildman–Crippen MR) is 119 cm³/mol. The number of hydrogen-bond acceptors (Lipinski definition) is 8. The molecule has 10 heteroatoms. The molecule has 1 saturated heterocycles. The number of nitrogens with zero attached hydrogens (tertiary/aromatic N) is 2. The fourth-order valence-electron chi connectivity index (χ4n) is 2.65. The van der Waals surface area contributed by atoms with Gasteiger partial charge in [0.15, 0.2) is 16.6 Å². The predicted octanol–water partition coefficient (Wildman–Crippen LogP) is 3.78. The van der Waals surface area contributed by atoms with Crippen molar-refractivity contribution in [1.29, 1.82) is 0 Å².